The fraction of sp³-hybridized carbons (Fsp3) is 1.00. The van der Waals surface area contributed by atoms with Crippen LogP contribution in [-0.2, 0) is 0 Å². The number of unbranched alkanes of at least 4 members (excludes halogenated alkanes) is 25. The standard InChI is InChI=1S/C34H70S2/c1-3-5-7-9-11-13-15-19-23-27-31-35-33-29-25-21-17-18-22-26-30-34-36-32-28-24-20-16-14-12-10-8-6-4-2/h3-34H2,1-2H3. The molecule has 2 heteroatoms. The summed E-state index contributed by atoms with van der Waals surface area (Å²) >= 11 is 4.44. The molecule has 36 heavy (non-hydrogen) atoms. The number of thioether (sulfide) groups is 2. The summed E-state index contributed by atoms with van der Waals surface area (Å²) < 4.78 is 0. The lowest BCUT2D eigenvalue weighted by Crippen LogP contribution is -1.88. The molecule has 0 unspecified atom stereocenters. The minimum absolute atomic E-state index is 1.37. The second kappa shape index (κ2) is 35.7. The number of hydrogen-bond acceptors (Lipinski definition) is 2. The van der Waals surface area contributed by atoms with Crippen LogP contribution in [0.25, 0.3) is 0 Å². The van der Waals surface area contributed by atoms with E-state index in [2.05, 4.69) is 37.4 Å². The molecule has 0 heterocycles. The third kappa shape index (κ3) is 34.7. The van der Waals surface area contributed by atoms with Crippen LogP contribution < -0.4 is 0 Å². The first kappa shape index (κ1) is 36.7. The molecule has 0 aromatic rings. The maximum absolute atomic E-state index is 2.31. The Balaban J connectivity index is 3.00. The lowest BCUT2D eigenvalue weighted by molar-refractivity contribution is 0.563. The second-order valence-electron chi connectivity index (χ2n) is 11.4. The molecule has 0 bridgehead atoms. The van der Waals surface area contributed by atoms with Gasteiger partial charge in [-0.15, -0.1) is 0 Å². The molecule has 218 valence electrons. The van der Waals surface area contributed by atoms with Crippen LogP contribution in [0.2, 0.25) is 0 Å². The lowest BCUT2D eigenvalue weighted by atomic mass is 10.1. The summed E-state index contributed by atoms with van der Waals surface area (Å²) in [6, 6.07) is 0. The van der Waals surface area contributed by atoms with E-state index in [1.165, 1.54) is 203 Å². The van der Waals surface area contributed by atoms with Crippen LogP contribution >= 0.6 is 23.5 Å². The van der Waals surface area contributed by atoms with Gasteiger partial charge in [-0.3, -0.25) is 0 Å². The van der Waals surface area contributed by atoms with Crippen LogP contribution in [0.15, 0.2) is 0 Å². The van der Waals surface area contributed by atoms with Crippen molar-refractivity contribution in [3.63, 3.8) is 0 Å². The fourth-order valence-corrected chi connectivity index (χ4v) is 7.10. The molecule has 0 saturated carbocycles. The van der Waals surface area contributed by atoms with Gasteiger partial charge in [0.2, 0.25) is 0 Å². The predicted molar refractivity (Wildman–Crippen MR) is 175 cm³/mol. The largest absolute Gasteiger partial charge is 0.162 e. The molecule has 0 N–H and O–H groups in total. The summed E-state index contributed by atoms with van der Waals surface area (Å²) in [6.45, 7) is 4.61. The van der Waals surface area contributed by atoms with Crippen molar-refractivity contribution in [3.05, 3.63) is 0 Å². The van der Waals surface area contributed by atoms with Crippen molar-refractivity contribution in [2.24, 2.45) is 0 Å². The third-order valence-electron chi connectivity index (χ3n) is 7.61. The van der Waals surface area contributed by atoms with Gasteiger partial charge in [-0.05, 0) is 48.7 Å². The third-order valence-corrected chi connectivity index (χ3v) is 9.92. The van der Waals surface area contributed by atoms with Gasteiger partial charge in [0.05, 0.1) is 0 Å². The zero-order valence-corrected chi connectivity index (χ0v) is 27.1. The topological polar surface area (TPSA) is 0 Å². The van der Waals surface area contributed by atoms with Gasteiger partial charge in [0.1, 0.15) is 0 Å². The number of rotatable bonds is 33. The highest BCUT2D eigenvalue weighted by atomic mass is 32.2. The van der Waals surface area contributed by atoms with Gasteiger partial charge >= 0.3 is 0 Å². The SMILES string of the molecule is CCCCCCCCCCCCSCCCCCCCCCCSCCCCCCCCCCCC. The average Bonchev–Trinajstić information content (AvgIpc) is 2.89. The molecule has 0 aliphatic heterocycles. The smallest absolute Gasteiger partial charge is 0.00675 e. The molecule has 0 fully saturated rings. The molecule has 0 radical (unpaired) electrons. The molecule has 0 nitrogen and oxygen atoms in total. The monoisotopic (exact) mass is 542 g/mol. The van der Waals surface area contributed by atoms with E-state index in [4.69, 9.17) is 0 Å². The summed E-state index contributed by atoms with van der Waals surface area (Å²) in [7, 11) is 0. The Kier molecular flexibility index (Phi) is 36.4. The zero-order valence-electron chi connectivity index (χ0n) is 25.4. The van der Waals surface area contributed by atoms with Crippen LogP contribution in [0.1, 0.15) is 194 Å². The van der Waals surface area contributed by atoms with E-state index >= 15 is 0 Å². The molecule has 0 saturated heterocycles. The Morgan fingerprint density at radius 2 is 0.389 bits per heavy atom. The van der Waals surface area contributed by atoms with Gasteiger partial charge in [0.25, 0.3) is 0 Å². The van der Waals surface area contributed by atoms with Crippen LogP contribution in [-0.4, -0.2) is 23.0 Å². The normalized spacial score (nSPS) is 11.5. The van der Waals surface area contributed by atoms with E-state index < -0.39 is 0 Å². The highest BCUT2D eigenvalue weighted by Crippen LogP contribution is 2.16. The van der Waals surface area contributed by atoms with E-state index in [0.29, 0.717) is 0 Å². The quantitative estimate of drug-likeness (QED) is 0.0756. The molecule has 0 atom stereocenters. The summed E-state index contributed by atoms with van der Waals surface area (Å²) in [5.41, 5.74) is 0. The van der Waals surface area contributed by atoms with Crippen molar-refractivity contribution >= 4 is 23.5 Å². The van der Waals surface area contributed by atoms with Crippen LogP contribution in [0.5, 0.6) is 0 Å². The van der Waals surface area contributed by atoms with Crippen molar-refractivity contribution in [3.8, 4) is 0 Å². The highest BCUT2D eigenvalue weighted by molar-refractivity contribution is 7.99. The molecule has 0 aromatic carbocycles. The zero-order chi connectivity index (χ0) is 26.0. The maximum Gasteiger partial charge on any atom is -0.00675 e. The summed E-state index contributed by atoms with van der Waals surface area (Å²) in [6.07, 6.45) is 41.0. The Hall–Kier alpha value is 0.700. The molecular weight excluding hydrogens is 473 g/mol. The fourth-order valence-electron chi connectivity index (χ4n) is 5.06. The average molecular weight is 543 g/mol. The van der Waals surface area contributed by atoms with Crippen molar-refractivity contribution in [2.75, 3.05) is 23.0 Å². The molecule has 0 rings (SSSR count). The van der Waals surface area contributed by atoms with E-state index in [1.807, 2.05) is 0 Å². The van der Waals surface area contributed by atoms with Gasteiger partial charge in [-0.25, -0.2) is 0 Å². The van der Waals surface area contributed by atoms with Crippen molar-refractivity contribution in [1.82, 2.24) is 0 Å². The molecule has 0 amide bonds. The van der Waals surface area contributed by atoms with Crippen LogP contribution in [0, 0.1) is 0 Å². The summed E-state index contributed by atoms with van der Waals surface area (Å²) in [5, 5.41) is 0. The highest BCUT2D eigenvalue weighted by Gasteiger charge is 1.97. The van der Waals surface area contributed by atoms with Gasteiger partial charge in [0, 0.05) is 0 Å². The van der Waals surface area contributed by atoms with E-state index in [9.17, 15) is 0 Å². The Morgan fingerprint density at radius 3 is 0.583 bits per heavy atom. The lowest BCUT2D eigenvalue weighted by Gasteiger charge is -2.05. The summed E-state index contributed by atoms with van der Waals surface area (Å²) in [5.74, 6) is 5.64. The first-order chi connectivity index (χ1) is 17.9. The molecule has 0 aliphatic rings. The maximum atomic E-state index is 2.31. The summed E-state index contributed by atoms with van der Waals surface area (Å²) in [4.78, 5) is 0. The molecular formula is C34H70S2. The Morgan fingerprint density at radius 1 is 0.222 bits per heavy atom. The van der Waals surface area contributed by atoms with E-state index in [-0.39, 0.29) is 0 Å². The minimum Gasteiger partial charge on any atom is -0.162 e. The van der Waals surface area contributed by atoms with E-state index in [1.54, 1.807) is 0 Å². The van der Waals surface area contributed by atoms with Crippen molar-refractivity contribution in [1.29, 1.82) is 0 Å². The van der Waals surface area contributed by atoms with Crippen molar-refractivity contribution in [2.45, 2.75) is 194 Å². The minimum atomic E-state index is 1.37. The van der Waals surface area contributed by atoms with Gasteiger partial charge in [0.15, 0.2) is 0 Å². The van der Waals surface area contributed by atoms with Crippen LogP contribution in [0.4, 0.5) is 0 Å². The Labute approximate surface area is 239 Å². The predicted octanol–water partition coefficient (Wildman–Crippen LogP) is 13.4. The van der Waals surface area contributed by atoms with Gasteiger partial charge < -0.3 is 0 Å². The molecule has 0 aliphatic carbocycles. The van der Waals surface area contributed by atoms with Crippen molar-refractivity contribution < 1.29 is 0 Å². The van der Waals surface area contributed by atoms with E-state index in [0.717, 1.165) is 0 Å². The van der Waals surface area contributed by atoms with Gasteiger partial charge in [-0.1, -0.05) is 168 Å². The molecule has 0 aromatic heterocycles. The van der Waals surface area contributed by atoms with Gasteiger partial charge in [-0.2, -0.15) is 23.5 Å². The van der Waals surface area contributed by atoms with Crippen LogP contribution in [0.3, 0.4) is 0 Å². The second-order valence-corrected chi connectivity index (χ2v) is 13.9. The first-order valence-corrected chi connectivity index (χ1v) is 19.4. The number of hydrogen-bond donors (Lipinski definition) is 0. The first-order valence-electron chi connectivity index (χ1n) is 17.1. The Bertz CT molecular complexity index is 323. The molecule has 0 spiro atoms.